The maximum atomic E-state index is 10.8. The molecule has 0 saturated carbocycles. The monoisotopic (exact) mass is 217 g/mol. The van der Waals surface area contributed by atoms with Gasteiger partial charge >= 0.3 is 5.66 Å². The summed E-state index contributed by atoms with van der Waals surface area (Å²) in [6, 6.07) is 0. The van der Waals surface area contributed by atoms with Crippen LogP contribution in [0.5, 0.6) is 0 Å². The van der Waals surface area contributed by atoms with Crippen LogP contribution in [-0.2, 0) is 0 Å². The highest BCUT2D eigenvalue weighted by molar-refractivity contribution is 4.89. The van der Waals surface area contributed by atoms with Gasteiger partial charge in [0.15, 0.2) is 0 Å². The van der Waals surface area contributed by atoms with E-state index in [9.17, 15) is 20.2 Å². The molecule has 0 atom stereocenters. The first kappa shape index (κ1) is 11.8. The largest absolute Gasteiger partial charge is 0.471 e. The quantitative estimate of drug-likeness (QED) is 0.386. The van der Waals surface area contributed by atoms with Crippen LogP contribution in [0.3, 0.4) is 0 Å². The number of hydrogen-bond donors (Lipinski definition) is 0. The van der Waals surface area contributed by atoms with E-state index in [4.69, 9.17) is 0 Å². The first-order chi connectivity index (χ1) is 6.70. The molecule has 0 aromatic carbocycles. The van der Waals surface area contributed by atoms with Gasteiger partial charge in [-0.05, 0) is 20.8 Å². The number of rotatable bonds is 2. The van der Waals surface area contributed by atoms with Gasteiger partial charge in [-0.15, -0.1) is 0 Å². The second-order valence-electron chi connectivity index (χ2n) is 4.84. The zero-order chi connectivity index (χ0) is 11.9. The van der Waals surface area contributed by atoms with E-state index in [0.29, 0.717) is 6.54 Å². The van der Waals surface area contributed by atoms with Crippen LogP contribution in [0, 0.1) is 20.2 Å². The van der Waals surface area contributed by atoms with Crippen molar-refractivity contribution in [2.45, 2.75) is 38.4 Å². The molecule has 0 aliphatic carbocycles. The van der Waals surface area contributed by atoms with E-state index in [0.717, 1.165) is 0 Å². The summed E-state index contributed by atoms with van der Waals surface area (Å²) in [6.45, 7) is 5.96. The fourth-order valence-corrected chi connectivity index (χ4v) is 1.72. The summed E-state index contributed by atoms with van der Waals surface area (Å²) in [7, 11) is 0. The van der Waals surface area contributed by atoms with E-state index in [1.165, 1.54) is 0 Å². The fourth-order valence-electron chi connectivity index (χ4n) is 1.72. The van der Waals surface area contributed by atoms with Gasteiger partial charge in [-0.25, -0.2) is 0 Å². The Labute approximate surface area is 87.4 Å². The molecule has 0 aromatic rings. The molecule has 0 bridgehead atoms. The minimum atomic E-state index is -2.01. The molecule has 0 unspecified atom stereocenters. The van der Waals surface area contributed by atoms with Crippen LogP contribution in [0.25, 0.3) is 0 Å². The molecule has 0 amide bonds. The van der Waals surface area contributed by atoms with Crippen molar-refractivity contribution >= 4 is 0 Å². The predicted molar refractivity (Wildman–Crippen MR) is 52.7 cm³/mol. The lowest BCUT2D eigenvalue weighted by Crippen LogP contribution is -2.51. The molecule has 1 rings (SSSR count). The van der Waals surface area contributed by atoms with Crippen molar-refractivity contribution in [2.24, 2.45) is 0 Å². The predicted octanol–water partition coefficient (Wildman–Crippen LogP) is 0.740. The summed E-state index contributed by atoms with van der Waals surface area (Å²) in [6.07, 6.45) is -0.0235. The van der Waals surface area contributed by atoms with Gasteiger partial charge in [0.1, 0.15) is 13.0 Å². The Morgan fingerprint density at radius 1 is 1.20 bits per heavy atom. The maximum Gasteiger partial charge on any atom is 0.471 e. The molecule has 1 aliphatic heterocycles. The van der Waals surface area contributed by atoms with Gasteiger partial charge in [0, 0.05) is 12.1 Å². The van der Waals surface area contributed by atoms with Crippen LogP contribution in [0.2, 0.25) is 0 Å². The molecule has 86 valence electrons. The second kappa shape index (κ2) is 3.41. The van der Waals surface area contributed by atoms with Crippen LogP contribution in [0.1, 0.15) is 27.2 Å². The molecule has 1 fully saturated rings. The van der Waals surface area contributed by atoms with Gasteiger partial charge in [0.05, 0.1) is 9.85 Å². The van der Waals surface area contributed by atoms with Gasteiger partial charge in [0.2, 0.25) is 0 Å². The van der Waals surface area contributed by atoms with E-state index in [2.05, 4.69) is 0 Å². The second-order valence-corrected chi connectivity index (χ2v) is 4.84. The average molecular weight is 217 g/mol. The van der Waals surface area contributed by atoms with Gasteiger partial charge < -0.3 is 0 Å². The smallest absolute Gasteiger partial charge is 0.285 e. The third-order valence-electron chi connectivity index (χ3n) is 2.85. The van der Waals surface area contributed by atoms with Crippen LogP contribution in [0.4, 0.5) is 0 Å². The van der Waals surface area contributed by atoms with Crippen molar-refractivity contribution in [3.63, 3.8) is 0 Å². The minimum absolute atomic E-state index is 0.0235. The Morgan fingerprint density at radius 2 is 1.67 bits per heavy atom. The molecule has 1 aliphatic rings. The molecule has 1 saturated heterocycles. The standard InChI is InChI=1S/C8H15N3O4/c1-7(2,3)9-5-4-8(6-9,10(12)13)11(14)15/h4-6H2,1-3H3. The molecule has 7 heteroatoms. The average Bonchev–Trinajstić information content (AvgIpc) is 2.46. The van der Waals surface area contributed by atoms with Crippen molar-refractivity contribution in [2.75, 3.05) is 13.1 Å². The van der Waals surface area contributed by atoms with Crippen molar-refractivity contribution in [1.29, 1.82) is 0 Å². The summed E-state index contributed by atoms with van der Waals surface area (Å²) < 4.78 is 0. The Balaban J connectivity index is 2.92. The lowest BCUT2D eigenvalue weighted by molar-refractivity contribution is -0.792. The molecule has 0 aromatic heterocycles. The summed E-state index contributed by atoms with van der Waals surface area (Å²) in [4.78, 5) is 21.8. The van der Waals surface area contributed by atoms with E-state index in [1.807, 2.05) is 20.8 Å². The zero-order valence-corrected chi connectivity index (χ0v) is 9.10. The summed E-state index contributed by atoms with van der Waals surface area (Å²) in [5.74, 6) is 0. The van der Waals surface area contributed by atoms with Crippen LogP contribution in [0.15, 0.2) is 0 Å². The minimum Gasteiger partial charge on any atom is -0.285 e. The Kier molecular flexibility index (Phi) is 2.69. The molecule has 15 heavy (non-hydrogen) atoms. The SMILES string of the molecule is CC(C)(C)N1CCC([N+](=O)[O-])([N+](=O)[O-])C1. The first-order valence-corrected chi connectivity index (χ1v) is 4.74. The highest BCUT2D eigenvalue weighted by Gasteiger charge is 2.62. The summed E-state index contributed by atoms with van der Waals surface area (Å²) in [5.41, 5.74) is -2.28. The van der Waals surface area contributed by atoms with E-state index in [1.54, 1.807) is 4.90 Å². The Hall–Kier alpha value is -1.24. The molecule has 1 heterocycles. The number of nitro groups is 2. The van der Waals surface area contributed by atoms with Crippen molar-refractivity contribution in [3.8, 4) is 0 Å². The van der Waals surface area contributed by atoms with E-state index < -0.39 is 15.5 Å². The summed E-state index contributed by atoms with van der Waals surface area (Å²) in [5, 5.41) is 21.5. The van der Waals surface area contributed by atoms with Gasteiger partial charge in [-0.2, -0.15) is 0 Å². The third kappa shape index (κ3) is 1.92. The number of hydrogen-bond acceptors (Lipinski definition) is 5. The van der Waals surface area contributed by atoms with Crippen molar-refractivity contribution in [1.82, 2.24) is 4.90 Å². The Morgan fingerprint density at radius 3 is 1.87 bits per heavy atom. The molecule has 0 radical (unpaired) electrons. The van der Waals surface area contributed by atoms with E-state index >= 15 is 0 Å². The number of nitrogens with zero attached hydrogens (tertiary/aromatic N) is 3. The molecular weight excluding hydrogens is 202 g/mol. The fraction of sp³-hybridized carbons (Fsp3) is 1.00. The lowest BCUT2D eigenvalue weighted by Gasteiger charge is -2.30. The molecule has 0 spiro atoms. The van der Waals surface area contributed by atoms with E-state index in [-0.39, 0.29) is 18.5 Å². The topological polar surface area (TPSA) is 89.5 Å². The van der Waals surface area contributed by atoms with Crippen molar-refractivity contribution < 1.29 is 9.85 Å². The third-order valence-corrected chi connectivity index (χ3v) is 2.85. The van der Waals surface area contributed by atoms with Gasteiger partial charge in [-0.1, -0.05) is 0 Å². The van der Waals surface area contributed by atoms with Crippen LogP contribution >= 0.6 is 0 Å². The van der Waals surface area contributed by atoms with Crippen LogP contribution in [-0.4, -0.2) is 39.0 Å². The highest BCUT2D eigenvalue weighted by atomic mass is 16.7. The van der Waals surface area contributed by atoms with Gasteiger partial charge in [0.25, 0.3) is 0 Å². The van der Waals surface area contributed by atoms with Crippen LogP contribution < -0.4 is 0 Å². The number of likely N-dealkylation sites (tertiary alicyclic amines) is 1. The molecule has 0 N–H and O–H groups in total. The first-order valence-electron chi connectivity index (χ1n) is 4.74. The van der Waals surface area contributed by atoms with Crippen molar-refractivity contribution in [3.05, 3.63) is 20.2 Å². The zero-order valence-electron chi connectivity index (χ0n) is 9.10. The molecular formula is C8H15N3O4. The molecule has 7 nitrogen and oxygen atoms in total. The normalized spacial score (nSPS) is 21.5. The highest BCUT2D eigenvalue weighted by Crippen LogP contribution is 2.30. The Bertz CT molecular complexity index is 283. The maximum absolute atomic E-state index is 10.8. The lowest BCUT2D eigenvalue weighted by atomic mass is 10.1. The van der Waals surface area contributed by atoms with Gasteiger partial charge in [-0.3, -0.25) is 25.1 Å². The summed E-state index contributed by atoms with van der Waals surface area (Å²) >= 11 is 0.